The van der Waals surface area contributed by atoms with Gasteiger partial charge in [-0.25, -0.2) is 0 Å². The number of phenolic OH excluding ortho intramolecular Hbond substituents is 1. The highest BCUT2D eigenvalue weighted by molar-refractivity contribution is 5.92. The van der Waals surface area contributed by atoms with E-state index in [0.717, 1.165) is 10.8 Å². The summed E-state index contributed by atoms with van der Waals surface area (Å²) in [6.07, 6.45) is 3.32. The predicted octanol–water partition coefficient (Wildman–Crippen LogP) is 2.34. The van der Waals surface area contributed by atoms with Crippen LogP contribution in [0.15, 0.2) is 30.6 Å². The van der Waals surface area contributed by atoms with Crippen LogP contribution in [0.4, 0.5) is 0 Å². The lowest BCUT2D eigenvalue weighted by Gasteiger charge is -2.07. The number of fused-ring (bicyclic) bond motifs is 1. The van der Waals surface area contributed by atoms with Crippen LogP contribution < -0.4 is 4.74 Å². The number of pyridine rings is 1. The Morgan fingerprint density at radius 1 is 1.36 bits per heavy atom. The van der Waals surface area contributed by atoms with Gasteiger partial charge in [0.05, 0.1) is 18.2 Å². The zero-order chi connectivity index (χ0) is 9.97. The molecule has 1 aromatic carbocycles. The van der Waals surface area contributed by atoms with Crippen LogP contribution in [0.5, 0.6) is 11.5 Å². The van der Waals surface area contributed by atoms with Crippen molar-refractivity contribution in [1.82, 2.24) is 4.98 Å². The summed E-state index contributed by atoms with van der Waals surface area (Å²) in [6.45, 7) is 2.47. The number of phenols is 1. The second kappa shape index (κ2) is 3.54. The van der Waals surface area contributed by atoms with Gasteiger partial charge in [-0.15, -0.1) is 0 Å². The summed E-state index contributed by atoms with van der Waals surface area (Å²) in [5.41, 5.74) is 0. The van der Waals surface area contributed by atoms with E-state index in [2.05, 4.69) is 4.98 Å². The molecule has 0 atom stereocenters. The first-order chi connectivity index (χ1) is 6.83. The van der Waals surface area contributed by atoms with Gasteiger partial charge in [-0.3, -0.25) is 4.98 Å². The van der Waals surface area contributed by atoms with Crippen molar-refractivity contribution in [1.29, 1.82) is 0 Å². The van der Waals surface area contributed by atoms with E-state index in [1.54, 1.807) is 24.5 Å². The van der Waals surface area contributed by atoms with E-state index in [4.69, 9.17) is 4.74 Å². The van der Waals surface area contributed by atoms with Crippen molar-refractivity contribution in [3.05, 3.63) is 30.6 Å². The number of ether oxygens (including phenoxy) is 1. The van der Waals surface area contributed by atoms with Crippen molar-refractivity contribution in [2.24, 2.45) is 0 Å². The zero-order valence-electron chi connectivity index (χ0n) is 7.90. The van der Waals surface area contributed by atoms with Gasteiger partial charge < -0.3 is 9.84 Å². The molecule has 0 fully saturated rings. The first kappa shape index (κ1) is 8.81. The lowest BCUT2D eigenvalue weighted by atomic mass is 10.1. The molecular weight excluding hydrogens is 178 g/mol. The molecule has 0 saturated heterocycles. The monoisotopic (exact) mass is 189 g/mol. The number of benzene rings is 1. The highest BCUT2D eigenvalue weighted by Crippen LogP contribution is 2.31. The number of nitrogens with zero attached hydrogens (tertiary/aromatic N) is 1. The summed E-state index contributed by atoms with van der Waals surface area (Å²) in [4.78, 5) is 4.04. The molecule has 2 rings (SSSR count). The third kappa shape index (κ3) is 1.37. The predicted molar refractivity (Wildman–Crippen MR) is 54.6 cm³/mol. The molecule has 0 aliphatic heterocycles. The molecular formula is C11H11NO2. The van der Waals surface area contributed by atoms with Crippen LogP contribution in [0.3, 0.4) is 0 Å². The maximum absolute atomic E-state index is 9.67. The van der Waals surface area contributed by atoms with Crippen LogP contribution in [0.25, 0.3) is 10.8 Å². The Balaban J connectivity index is 2.71. The Hall–Kier alpha value is -1.77. The Kier molecular flexibility index (Phi) is 2.23. The van der Waals surface area contributed by atoms with Crippen molar-refractivity contribution < 1.29 is 9.84 Å². The molecule has 1 heterocycles. The van der Waals surface area contributed by atoms with Gasteiger partial charge in [0, 0.05) is 11.6 Å². The van der Waals surface area contributed by atoms with Crippen LogP contribution in [0, 0.1) is 0 Å². The maximum atomic E-state index is 9.67. The van der Waals surface area contributed by atoms with Crippen LogP contribution >= 0.6 is 0 Å². The maximum Gasteiger partial charge on any atom is 0.149 e. The molecule has 2 aromatic rings. The molecule has 1 aromatic heterocycles. The van der Waals surface area contributed by atoms with Gasteiger partial charge in [-0.05, 0) is 13.0 Å². The zero-order valence-corrected chi connectivity index (χ0v) is 7.90. The molecule has 3 nitrogen and oxygen atoms in total. The van der Waals surface area contributed by atoms with E-state index in [1.807, 2.05) is 13.0 Å². The van der Waals surface area contributed by atoms with Crippen molar-refractivity contribution in [3.8, 4) is 11.5 Å². The summed E-state index contributed by atoms with van der Waals surface area (Å²) in [7, 11) is 0. The number of hydrogen-bond donors (Lipinski definition) is 1. The van der Waals surface area contributed by atoms with Gasteiger partial charge in [0.2, 0.25) is 0 Å². The fraction of sp³-hybridized carbons (Fsp3) is 0.182. The van der Waals surface area contributed by atoms with Crippen LogP contribution in [0.1, 0.15) is 6.92 Å². The summed E-state index contributed by atoms with van der Waals surface area (Å²) < 4.78 is 5.38. The number of aromatic hydroxyl groups is 1. The minimum Gasteiger partial charge on any atom is -0.507 e. The molecule has 0 saturated carbocycles. The minimum atomic E-state index is 0.230. The topological polar surface area (TPSA) is 42.4 Å². The van der Waals surface area contributed by atoms with Crippen LogP contribution in [-0.4, -0.2) is 16.7 Å². The highest BCUT2D eigenvalue weighted by Gasteiger charge is 2.05. The molecule has 0 amide bonds. The molecule has 0 unspecified atom stereocenters. The van der Waals surface area contributed by atoms with Crippen LogP contribution in [0.2, 0.25) is 0 Å². The standard InChI is InChI=1S/C11H11NO2/c1-2-14-10-7-12-6-8-4-3-5-9(13)11(8)10/h3-7,13H,2H2,1H3. The van der Waals surface area contributed by atoms with Gasteiger partial charge in [-0.2, -0.15) is 0 Å². The van der Waals surface area contributed by atoms with E-state index in [0.29, 0.717) is 12.4 Å². The third-order valence-electron chi connectivity index (χ3n) is 2.03. The molecule has 0 radical (unpaired) electrons. The van der Waals surface area contributed by atoms with Gasteiger partial charge in [0.25, 0.3) is 0 Å². The summed E-state index contributed by atoms with van der Waals surface area (Å²) >= 11 is 0. The smallest absolute Gasteiger partial charge is 0.149 e. The number of hydrogen-bond acceptors (Lipinski definition) is 3. The van der Waals surface area contributed by atoms with Crippen molar-refractivity contribution in [3.63, 3.8) is 0 Å². The molecule has 14 heavy (non-hydrogen) atoms. The Morgan fingerprint density at radius 3 is 3.00 bits per heavy atom. The van der Waals surface area contributed by atoms with Gasteiger partial charge in [-0.1, -0.05) is 12.1 Å². The SMILES string of the molecule is CCOc1cncc2cccc(O)c12. The van der Waals surface area contributed by atoms with Gasteiger partial charge in [0.15, 0.2) is 0 Å². The van der Waals surface area contributed by atoms with E-state index in [9.17, 15) is 5.11 Å². The quantitative estimate of drug-likeness (QED) is 0.788. The Bertz CT molecular complexity index is 449. The normalized spacial score (nSPS) is 10.4. The van der Waals surface area contributed by atoms with Gasteiger partial charge in [0.1, 0.15) is 11.5 Å². The molecule has 1 N–H and O–H groups in total. The number of aromatic nitrogens is 1. The fourth-order valence-corrected chi connectivity index (χ4v) is 1.45. The van der Waals surface area contributed by atoms with Crippen LogP contribution in [-0.2, 0) is 0 Å². The van der Waals surface area contributed by atoms with Crippen molar-refractivity contribution in [2.45, 2.75) is 6.92 Å². The summed E-state index contributed by atoms with van der Waals surface area (Å²) in [6, 6.07) is 5.32. The molecule has 0 aliphatic rings. The molecule has 0 spiro atoms. The van der Waals surface area contributed by atoms with Crippen molar-refractivity contribution >= 4 is 10.8 Å². The Morgan fingerprint density at radius 2 is 2.21 bits per heavy atom. The minimum absolute atomic E-state index is 0.230. The molecule has 72 valence electrons. The average Bonchev–Trinajstić information content (AvgIpc) is 2.19. The highest BCUT2D eigenvalue weighted by atomic mass is 16.5. The first-order valence-corrected chi connectivity index (χ1v) is 4.51. The van der Waals surface area contributed by atoms with E-state index in [-0.39, 0.29) is 5.75 Å². The fourth-order valence-electron chi connectivity index (χ4n) is 1.45. The lowest BCUT2D eigenvalue weighted by Crippen LogP contribution is -1.93. The molecule has 3 heteroatoms. The first-order valence-electron chi connectivity index (χ1n) is 4.51. The van der Waals surface area contributed by atoms with Crippen molar-refractivity contribution in [2.75, 3.05) is 6.61 Å². The Labute approximate surface area is 82.0 Å². The second-order valence-electron chi connectivity index (χ2n) is 2.95. The lowest BCUT2D eigenvalue weighted by molar-refractivity contribution is 0.342. The third-order valence-corrected chi connectivity index (χ3v) is 2.03. The molecule has 0 aliphatic carbocycles. The van der Waals surface area contributed by atoms with E-state index < -0.39 is 0 Å². The number of rotatable bonds is 2. The molecule has 0 bridgehead atoms. The van der Waals surface area contributed by atoms with E-state index >= 15 is 0 Å². The van der Waals surface area contributed by atoms with E-state index in [1.165, 1.54) is 0 Å². The average molecular weight is 189 g/mol. The van der Waals surface area contributed by atoms with Gasteiger partial charge >= 0.3 is 0 Å². The summed E-state index contributed by atoms with van der Waals surface area (Å²) in [5.74, 6) is 0.858. The summed E-state index contributed by atoms with van der Waals surface area (Å²) in [5, 5.41) is 11.3. The largest absolute Gasteiger partial charge is 0.507 e. The second-order valence-corrected chi connectivity index (χ2v) is 2.95.